The second kappa shape index (κ2) is 9.57. The van der Waals surface area contributed by atoms with Gasteiger partial charge in [-0.15, -0.1) is 0 Å². The van der Waals surface area contributed by atoms with Gasteiger partial charge in [-0.3, -0.25) is 14.3 Å². The lowest BCUT2D eigenvalue weighted by Crippen LogP contribution is -2.41. The molecule has 0 saturated carbocycles. The molecule has 0 radical (unpaired) electrons. The van der Waals surface area contributed by atoms with E-state index in [4.69, 9.17) is 4.74 Å². The van der Waals surface area contributed by atoms with Crippen LogP contribution < -0.4 is 10.6 Å². The number of aliphatic hydroxyl groups excluding tert-OH is 2. The van der Waals surface area contributed by atoms with Gasteiger partial charge in [0.25, 0.3) is 5.91 Å². The van der Waals surface area contributed by atoms with E-state index in [1.165, 1.54) is 24.0 Å². The predicted octanol–water partition coefficient (Wildman–Crippen LogP) is 1.31. The zero-order chi connectivity index (χ0) is 25.4. The Bertz CT molecular complexity index is 1410. The summed E-state index contributed by atoms with van der Waals surface area (Å²) in [5.74, 6) is -0.287. The summed E-state index contributed by atoms with van der Waals surface area (Å²) in [6.07, 6.45) is -0.668. The van der Waals surface area contributed by atoms with E-state index in [2.05, 4.69) is 30.6 Å². The van der Waals surface area contributed by atoms with E-state index in [0.29, 0.717) is 28.3 Å². The molecule has 186 valence electrons. The second-order valence-corrected chi connectivity index (χ2v) is 8.45. The number of likely N-dealkylation sites (N-methyl/N-ethyl adjacent to an activating group) is 1. The molecule has 0 bridgehead atoms. The molecular formula is C24H24FN7O4. The summed E-state index contributed by atoms with van der Waals surface area (Å²) in [7, 11) is 1.41. The fourth-order valence-electron chi connectivity index (χ4n) is 4.12. The van der Waals surface area contributed by atoms with Crippen LogP contribution in [0, 0.1) is 12.7 Å². The number of nitrogens with zero attached hydrogens (tertiary/aromatic N) is 5. The summed E-state index contributed by atoms with van der Waals surface area (Å²) < 4.78 is 21.5. The number of hydrogen-bond acceptors (Lipinski definition) is 9. The van der Waals surface area contributed by atoms with Crippen molar-refractivity contribution < 1.29 is 24.1 Å². The van der Waals surface area contributed by atoms with E-state index >= 15 is 0 Å². The zero-order valence-corrected chi connectivity index (χ0v) is 19.5. The molecule has 1 aliphatic heterocycles. The number of ether oxygens (including phenoxy) is 1. The molecule has 0 aliphatic carbocycles. The highest BCUT2D eigenvalue weighted by Crippen LogP contribution is 2.33. The molecule has 1 saturated heterocycles. The van der Waals surface area contributed by atoms with Gasteiger partial charge < -0.3 is 25.6 Å². The number of aromatic nitrogens is 5. The standard InChI is InChI=1S/C24H24FN7O4/c1-12-5-6-15(25)14(8-12)10-28-21-16-22(31-20(30-21)13-4-3-7-27-9-13)32(11-29-16)24-18(34)17(33)19(36-24)23(35)26-2/h3-9,11,17-19,24,33-34H,10H2,1-2H3,(H,26,35)(H,28,30,31)/t17?,18?,19-,24?/m1/s1. The third-order valence-corrected chi connectivity index (χ3v) is 6.01. The average molecular weight is 493 g/mol. The van der Waals surface area contributed by atoms with Gasteiger partial charge in [0.1, 0.15) is 18.0 Å². The van der Waals surface area contributed by atoms with Crippen molar-refractivity contribution in [2.75, 3.05) is 12.4 Å². The Morgan fingerprint density at radius 2 is 2.06 bits per heavy atom. The monoisotopic (exact) mass is 493 g/mol. The largest absolute Gasteiger partial charge is 0.387 e. The number of rotatable bonds is 6. The zero-order valence-electron chi connectivity index (χ0n) is 19.5. The second-order valence-electron chi connectivity index (χ2n) is 8.45. The molecular weight excluding hydrogens is 469 g/mol. The first kappa shape index (κ1) is 23.7. The number of fused-ring (bicyclic) bond motifs is 1. The highest BCUT2D eigenvalue weighted by atomic mass is 19.1. The fraction of sp³-hybridized carbons (Fsp3) is 0.292. The van der Waals surface area contributed by atoms with Gasteiger partial charge in [0.2, 0.25) is 0 Å². The number of halogens is 1. The minimum absolute atomic E-state index is 0.138. The van der Waals surface area contributed by atoms with Crippen LogP contribution in [-0.4, -0.2) is 66.0 Å². The number of aryl methyl sites for hydroxylation is 1. The average Bonchev–Trinajstić information content (AvgIpc) is 3.45. The molecule has 12 heteroatoms. The van der Waals surface area contributed by atoms with Gasteiger partial charge in [0.15, 0.2) is 35.1 Å². The van der Waals surface area contributed by atoms with Crippen LogP contribution in [0.15, 0.2) is 49.1 Å². The minimum atomic E-state index is -1.45. The van der Waals surface area contributed by atoms with Gasteiger partial charge in [-0.2, -0.15) is 0 Å². The van der Waals surface area contributed by atoms with Gasteiger partial charge in [0.05, 0.1) is 6.33 Å². The van der Waals surface area contributed by atoms with Crippen LogP contribution >= 0.6 is 0 Å². The van der Waals surface area contributed by atoms with Gasteiger partial charge in [0, 0.05) is 37.1 Å². The van der Waals surface area contributed by atoms with E-state index in [-0.39, 0.29) is 18.0 Å². The Balaban J connectivity index is 1.57. The Morgan fingerprint density at radius 3 is 2.81 bits per heavy atom. The normalized spacial score (nSPS) is 21.6. The molecule has 1 fully saturated rings. The first-order valence-corrected chi connectivity index (χ1v) is 11.2. The molecule has 0 spiro atoms. The van der Waals surface area contributed by atoms with Gasteiger partial charge >= 0.3 is 0 Å². The molecule has 1 amide bonds. The van der Waals surface area contributed by atoms with Crippen LogP contribution in [0.3, 0.4) is 0 Å². The number of pyridine rings is 1. The Morgan fingerprint density at radius 1 is 1.22 bits per heavy atom. The van der Waals surface area contributed by atoms with Crippen LogP contribution in [0.25, 0.3) is 22.6 Å². The SMILES string of the molecule is CNC(=O)[C@@H]1OC(n2cnc3c(NCc4cc(C)ccc4F)nc(-c4cccnc4)nc32)C(O)C1O. The van der Waals surface area contributed by atoms with Gasteiger partial charge in [-0.05, 0) is 25.1 Å². The number of amides is 1. The molecule has 1 aliphatic rings. The molecule has 4 heterocycles. The summed E-state index contributed by atoms with van der Waals surface area (Å²) in [4.78, 5) is 29.8. The summed E-state index contributed by atoms with van der Waals surface area (Å²) in [6, 6.07) is 8.36. The van der Waals surface area contributed by atoms with Crippen molar-refractivity contribution in [3.63, 3.8) is 0 Å². The van der Waals surface area contributed by atoms with Gasteiger partial charge in [-0.25, -0.2) is 19.3 Å². The highest BCUT2D eigenvalue weighted by Gasteiger charge is 2.47. The molecule has 4 aromatic rings. The quantitative estimate of drug-likeness (QED) is 0.312. The smallest absolute Gasteiger partial charge is 0.251 e. The van der Waals surface area contributed by atoms with Crippen LogP contribution in [0.5, 0.6) is 0 Å². The lowest BCUT2D eigenvalue weighted by Gasteiger charge is -2.17. The molecule has 11 nitrogen and oxygen atoms in total. The van der Waals surface area contributed by atoms with Crippen molar-refractivity contribution in [1.29, 1.82) is 0 Å². The van der Waals surface area contributed by atoms with Crippen LogP contribution in [0.2, 0.25) is 0 Å². The summed E-state index contributed by atoms with van der Waals surface area (Å²) in [6.45, 7) is 2.01. The minimum Gasteiger partial charge on any atom is -0.387 e. The maximum Gasteiger partial charge on any atom is 0.251 e. The molecule has 5 rings (SSSR count). The Labute approximate surface area is 205 Å². The van der Waals surface area contributed by atoms with Crippen molar-refractivity contribution in [2.45, 2.75) is 38.0 Å². The third kappa shape index (κ3) is 4.26. The number of carbonyl (C=O) groups is 1. The van der Waals surface area contributed by atoms with Crippen molar-refractivity contribution in [3.8, 4) is 11.4 Å². The number of hydrogen-bond donors (Lipinski definition) is 4. The summed E-state index contributed by atoms with van der Waals surface area (Å²) in [5, 5.41) is 26.6. The van der Waals surface area contributed by atoms with E-state index in [9.17, 15) is 19.4 Å². The number of carbonyl (C=O) groups excluding carboxylic acids is 1. The first-order chi connectivity index (χ1) is 17.4. The number of benzene rings is 1. The number of anilines is 1. The highest BCUT2D eigenvalue weighted by molar-refractivity contribution is 5.85. The third-order valence-electron chi connectivity index (χ3n) is 6.01. The summed E-state index contributed by atoms with van der Waals surface area (Å²) in [5.41, 5.74) is 2.61. The van der Waals surface area contributed by atoms with Crippen LogP contribution in [-0.2, 0) is 16.1 Å². The fourth-order valence-corrected chi connectivity index (χ4v) is 4.12. The first-order valence-electron chi connectivity index (χ1n) is 11.2. The molecule has 1 aromatic carbocycles. The lowest BCUT2D eigenvalue weighted by atomic mass is 10.1. The van der Waals surface area contributed by atoms with E-state index in [1.807, 2.05) is 6.92 Å². The van der Waals surface area contributed by atoms with Crippen molar-refractivity contribution in [2.24, 2.45) is 0 Å². The molecule has 3 unspecified atom stereocenters. The maximum absolute atomic E-state index is 14.3. The molecule has 4 N–H and O–H groups in total. The van der Waals surface area contributed by atoms with Crippen molar-refractivity contribution in [3.05, 3.63) is 66.0 Å². The maximum atomic E-state index is 14.3. The van der Waals surface area contributed by atoms with Gasteiger partial charge in [-0.1, -0.05) is 17.7 Å². The lowest BCUT2D eigenvalue weighted by molar-refractivity contribution is -0.137. The predicted molar refractivity (Wildman–Crippen MR) is 127 cm³/mol. The Kier molecular flexibility index (Phi) is 6.31. The molecule has 36 heavy (non-hydrogen) atoms. The van der Waals surface area contributed by atoms with E-state index in [0.717, 1.165) is 5.56 Å². The topological polar surface area (TPSA) is 147 Å². The number of aliphatic hydroxyl groups is 2. The van der Waals surface area contributed by atoms with Crippen LogP contribution in [0.1, 0.15) is 17.4 Å². The molecule has 4 atom stereocenters. The van der Waals surface area contributed by atoms with E-state index < -0.39 is 30.4 Å². The van der Waals surface area contributed by atoms with E-state index in [1.54, 1.807) is 36.7 Å². The molecule has 3 aromatic heterocycles. The van der Waals surface area contributed by atoms with Crippen molar-refractivity contribution in [1.82, 2.24) is 29.8 Å². The van der Waals surface area contributed by atoms with Crippen LogP contribution in [0.4, 0.5) is 10.2 Å². The summed E-state index contributed by atoms with van der Waals surface area (Å²) >= 11 is 0. The number of nitrogens with one attached hydrogen (secondary N) is 2. The van der Waals surface area contributed by atoms with Crippen molar-refractivity contribution >= 4 is 22.9 Å². The number of imidazole rings is 1. The Hall–Kier alpha value is -4.00.